The number of hydrogen-bond acceptors (Lipinski definition) is 5. The van der Waals surface area contributed by atoms with Gasteiger partial charge in [-0.3, -0.25) is 9.59 Å². The third kappa shape index (κ3) is 5.15. The number of aromatic nitrogens is 1. The van der Waals surface area contributed by atoms with E-state index in [-0.39, 0.29) is 11.3 Å². The van der Waals surface area contributed by atoms with Crippen LogP contribution in [0.15, 0.2) is 54.6 Å². The number of carboxylic acids is 1. The van der Waals surface area contributed by atoms with Gasteiger partial charge in [-0.05, 0) is 36.4 Å². The zero-order valence-electron chi connectivity index (χ0n) is 17.3. The Balaban J connectivity index is 1.99. The van der Waals surface area contributed by atoms with Gasteiger partial charge in [-0.2, -0.15) is 0 Å². The monoisotopic (exact) mass is 458 g/mol. The standard InChI is InChI=1S/C23H20ClFN2O5/c1-31-19-10-9-17(26-22(19)15-8-7-13(24)11-20(15)32-2)23(30)27-18(12-21(28)29)14-5-3-4-6-16(14)25/h3-11,18H,12H2,1-2H3,(H,27,30)(H,28,29)/t18-/m0/s1. The van der Waals surface area contributed by atoms with Crippen LogP contribution in [-0.2, 0) is 4.79 Å². The number of methoxy groups -OCH3 is 2. The molecule has 2 N–H and O–H groups in total. The van der Waals surface area contributed by atoms with Crippen molar-refractivity contribution in [2.75, 3.05) is 14.2 Å². The van der Waals surface area contributed by atoms with Crippen LogP contribution in [0.3, 0.4) is 0 Å². The van der Waals surface area contributed by atoms with Gasteiger partial charge < -0.3 is 19.9 Å². The highest BCUT2D eigenvalue weighted by molar-refractivity contribution is 6.30. The van der Waals surface area contributed by atoms with E-state index in [0.717, 1.165) is 0 Å². The molecule has 0 saturated carbocycles. The first-order chi connectivity index (χ1) is 15.3. The second kappa shape index (κ2) is 10.1. The Morgan fingerprint density at radius 2 is 1.81 bits per heavy atom. The topological polar surface area (TPSA) is 97.8 Å². The molecule has 0 radical (unpaired) electrons. The highest BCUT2D eigenvalue weighted by atomic mass is 35.5. The molecule has 0 aliphatic heterocycles. The number of rotatable bonds is 8. The number of carbonyl (C=O) groups is 2. The lowest BCUT2D eigenvalue weighted by atomic mass is 10.0. The fourth-order valence-electron chi connectivity index (χ4n) is 3.19. The Labute approximate surface area is 188 Å². The maximum atomic E-state index is 14.2. The first-order valence-electron chi connectivity index (χ1n) is 9.50. The van der Waals surface area contributed by atoms with Crippen LogP contribution < -0.4 is 14.8 Å². The van der Waals surface area contributed by atoms with Gasteiger partial charge in [0.15, 0.2) is 0 Å². The smallest absolute Gasteiger partial charge is 0.305 e. The summed E-state index contributed by atoms with van der Waals surface area (Å²) < 4.78 is 25.0. The summed E-state index contributed by atoms with van der Waals surface area (Å²) in [5.41, 5.74) is 0.926. The molecule has 0 aliphatic carbocycles. The maximum Gasteiger partial charge on any atom is 0.305 e. The Hall–Kier alpha value is -3.65. The molecule has 1 atom stereocenters. The molecule has 7 nitrogen and oxygen atoms in total. The van der Waals surface area contributed by atoms with Crippen molar-refractivity contribution >= 4 is 23.5 Å². The van der Waals surface area contributed by atoms with Gasteiger partial charge in [0.1, 0.15) is 28.7 Å². The van der Waals surface area contributed by atoms with Gasteiger partial charge in [-0.15, -0.1) is 0 Å². The van der Waals surface area contributed by atoms with Crippen LogP contribution in [0, 0.1) is 5.82 Å². The first kappa shape index (κ1) is 23.0. The third-order valence-electron chi connectivity index (χ3n) is 4.69. The summed E-state index contributed by atoms with van der Waals surface area (Å²) in [6.07, 6.45) is -0.499. The Kier molecular flexibility index (Phi) is 7.27. The van der Waals surface area contributed by atoms with Crippen molar-refractivity contribution in [2.24, 2.45) is 0 Å². The quantitative estimate of drug-likeness (QED) is 0.515. The van der Waals surface area contributed by atoms with E-state index in [1.54, 1.807) is 30.3 Å². The summed E-state index contributed by atoms with van der Waals surface area (Å²) in [4.78, 5) is 28.6. The van der Waals surface area contributed by atoms with Crippen LogP contribution in [0.5, 0.6) is 11.5 Å². The van der Waals surface area contributed by atoms with Crippen LogP contribution >= 0.6 is 11.6 Å². The zero-order chi connectivity index (χ0) is 23.3. The molecule has 2 aromatic carbocycles. The minimum Gasteiger partial charge on any atom is -0.496 e. The van der Waals surface area contributed by atoms with Crippen LogP contribution in [0.2, 0.25) is 5.02 Å². The van der Waals surface area contributed by atoms with Gasteiger partial charge in [-0.1, -0.05) is 29.8 Å². The zero-order valence-corrected chi connectivity index (χ0v) is 18.0. The predicted molar refractivity (Wildman–Crippen MR) is 117 cm³/mol. The highest BCUT2D eigenvalue weighted by Crippen LogP contribution is 2.36. The Morgan fingerprint density at radius 1 is 1.09 bits per heavy atom. The van der Waals surface area contributed by atoms with E-state index in [1.807, 2.05) is 0 Å². The van der Waals surface area contributed by atoms with Gasteiger partial charge in [-0.25, -0.2) is 9.37 Å². The molecule has 1 aromatic heterocycles. The van der Waals surface area contributed by atoms with E-state index in [9.17, 15) is 19.1 Å². The Bertz CT molecular complexity index is 1150. The number of amides is 1. The predicted octanol–water partition coefficient (Wildman–Crippen LogP) is 4.50. The fourth-order valence-corrected chi connectivity index (χ4v) is 3.36. The number of nitrogens with one attached hydrogen (secondary N) is 1. The normalized spacial score (nSPS) is 11.5. The molecule has 0 spiro atoms. The largest absolute Gasteiger partial charge is 0.496 e. The molecule has 32 heavy (non-hydrogen) atoms. The maximum absolute atomic E-state index is 14.2. The summed E-state index contributed by atoms with van der Waals surface area (Å²) in [6.45, 7) is 0. The van der Waals surface area contributed by atoms with Gasteiger partial charge in [0.25, 0.3) is 5.91 Å². The molecule has 9 heteroatoms. The van der Waals surface area contributed by atoms with Gasteiger partial charge in [0.05, 0.1) is 26.7 Å². The molecule has 0 unspecified atom stereocenters. The van der Waals surface area contributed by atoms with Crippen molar-refractivity contribution in [1.82, 2.24) is 10.3 Å². The second-order valence-corrected chi connectivity index (χ2v) is 7.17. The van der Waals surface area contributed by atoms with Crippen molar-refractivity contribution in [1.29, 1.82) is 0 Å². The van der Waals surface area contributed by atoms with E-state index in [0.29, 0.717) is 27.8 Å². The lowest BCUT2D eigenvalue weighted by Gasteiger charge is -2.18. The summed E-state index contributed by atoms with van der Waals surface area (Å²) in [5.74, 6) is -1.66. The summed E-state index contributed by atoms with van der Waals surface area (Å²) >= 11 is 6.03. The number of carboxylic acid groups (broad SMARTS) is 1. The number of hydrogen-bond donors (Lipinski definition) is 2. The van der Waals surface area contributed by atoms with Crippen molar-refractivity contribution in [3.8, 4) is 22.8 Å². The SMILES string of the molecule is COc1cc(Cl)ccc1-c1nc(C(=O)N[C@@H](CC(=O)O)c2ccccc2F)ccc1OC. The van der Waals surface area contributed by atoms with E-state index >= 15 is 0 Å². The fraction of sp³-hybridized carbons (Fsp3) is 0.174. The minimum absolute atomic E-state index is 0.00969. The number of ether oxygens (including phenoxy) is 2. The second-order valence-electron chi connectivity index (χ2n) is 6.74. The average molecular weight is 459 g/mol. The van der Waals surface area contributed by atoms with Crippen LogP contribution in [0.4, 0.5) is 4.39 Å². The van der Waals surface area contributed by atoms with Crippen molar-refractivity contribution in [3.05, 3.63) is 76.7 Å². The van der Waals surface area contributed by atoms with Gasteiger partial charge >= 0.3 is 5.97 Å². The summed E-state index contributed by atoms with van der Waals surface area (Å²) in [7, 11) is 2.94. The molecule has 3 aromatic rings. The van der Waals surface area contributed by atoms with Gasteiger partial charge in [0.2, 0.25) is 0 Å². The first-order valence-corrected chi connectivity index (χ1v) is 9.87. The number of benzene rings is 2. The molecule has 166 valence electrons. The Morgan fingerprint density at radius 3 is 2.47 bits per heavy atom. The molecule has 0 saturated heterocycles. The lowest BCUT2D eigenvalue weighted by Crippen LogP contribution is -2.31. The van der Waals surface area contributed by atoms with Crippen molar-refractivity contribution < 1.29 is 28.6 Å². The molecule has 0 bridgehead atoms. The van der Waals surface area contributed by atoms with Crippen LogP contribution in [-0.4, -0.2) is 36.2 Å². The lowest BCUT2D eigenvalue weighted by molar-refractivity contribution is -0.137. The molecule has 3 rings (SSSR count). The molecular formula is C23H20ClFN2O5. The number of halogens is 2. The number of nitrogens with zero attached hydrogens (tertiary/aromatic N) is 1. The number of aliphatic carboxylic acids is 1. The van der Waals surface area contributed by atoms with Crippen molar-refractivity contribution in [2.45, 2.75) is 12.5 Å². The van der Waals surface area contributed by atoms with Crippen LogP contribution in [0.1, 0.15) is 28.5 Å². The molecular weight excluding hydrogens is 439 g/mol. The summed E-state index contributed by atoms with van der Waals surface area (Å²) in [6, 6.07) is 12.5. The molecule has 0 fully saturated rings. The van der Waals surface area contributed by atoms with E-state index < -0.39 is 30.2 Å². The highest BCUT2D eigenvalue weighted by Gasteiger charge is 2.23. The summed E-state index contributed by atoms with van der Waals surface area (Å²) in [5, 5.41) is 12.2. The molecule has 1 amide bonds. The van der Waals surface area contributed by atoms with E-state index in [2.05, 4.69) is 10.3 Å². The van der Waals surface area contributed by atoms with E-state index in [4.69, 9.17) is 21.1 Å². The molecule has 0 aliphatic rings. The van der Waals surface area contributed by atoms with Crippen molar-refractivity contribution in [3.63, 3.8) is 0 Å². The van der Waals surface area contributed by atoms with Crippen LogP contribution in [0.25, 0.3) is 11.3 Å². The third-order valence-corrected chi connectivity index (χ3v) is 4.93. The number of carbonyl (C=O) groups excluding carboxylic acids is 1. The number of pyridine rings is 1. The van der Waals surface area contributed by atoms with E-state index in [1.165, 1.54) is 38.5 Å². The minimum atomic E-state index is -1.19. The average Bonchev–Trinajstić information content (AvgIpc) is 2.78. The van der Waals surface area contributed by atoms with Gasteiger partial charge in [0, 0.05) is 16.1 Å². The molecule has 1 heterocycles.